The molecule has 0 aliphatic heterocycles. The molecule has 0 aromatic heterocycles. The monoisotopic (exact) mass is 288 g/mol. The molecule has 0 heterocycles. The molecular formula is C12H20N2O4S. The maximum atomic E-state index is 12.0. The summed E-state index contributed by atoms with van der Waals surface area (Å²) in [6, 6.07) is 4.84. The van der Waals surface area contributed by atoms with E-state index in [2.05, 4.69) is 4.72 Å². The molecule has 1 aromatic rings. The summed E-state index contributed by atoms with van der Waals surface area (Å²) in [7, 11) is -2.01. The fourth-order valence-electron chi connectivity index (χ4n) is 1.48. The van der Waals surface area contributed by atoms with Crippen LogP contribution in [0.1, 0.15) is 5.56 Å². The van der Waals surface area contributed by atoms with Gasteiger partial charge in [-0.2, -0.15) is 0 Å². The number of rotatable bonds is 8. The quantitative estimate of drug-likeness (QED) is 0.537. The van der Waals surface area contributed by atoms with Gasteiger partial charge in [-0.1, -0.05) is 6.07 Å². The lowest BCUT2D eigenvalue weighted by atomic mass is 10.2. The zero-order valence-electron chi connectivity index (χ0n) is 11.2. The first kappa shape index (κ1) is 15.9. The van der Waals surface area contributed by atoms with E-state index in [1.165, 1.54) is 6.07 Å². The molecule has 0 saturated heterocycles. The predicted octanol–water partition coefficient (Wildman–Crippen LogP) is 0.519. The van der Waals surface area contributed by atoms with Crippen LogP contribution in [0.5, 0.6) is 0 Å². The summed E-state index contributed by atoms with van der Waals surface area (Å²) in [6.45, 7) is 3.25. The van der Waals surface area contributed by atoms with Crippen molar-refractivity contribution in [3.63, 3.8) is 0 Å². The van der Waals surface area contributed by atoms with Gasteiger partial charge in [0.2, 0.25) is 10.0 Å². The highest BCUT2D eigenvalue weighted by Gasteiger charge is 2.16. The fourth-order valence-corrected chi connectivity index (χ4v) is 2.61. The standard InChI is InChI=1S/C12H20N2O4S/c1-10-3-4-12(11(13)9-10)19(15,16)14-5-6-18-8-7-17-2/h3-4,9,14H,5-8,13H2,1-2H3. The molecule has 0 radical (unpaired) electrons. The highest BCUT2D eigenvalue weighted by atomic mass is 32.2. The van der Waals surface area contributed by atoms with E-state index in [1.54, 1.807) is 19.2 Å². The Bertz CT molecular complexity index is 502. The largest absolute Gasteiger partial charge is 0.398 e. The summed E-state index contributed by atoms with van der Waals surface area (Å²) in [5.74, 6) is 0. The smallest absolute Gasteiger partial charge is 0.242 e. The first-order valence-corrected chi connectivity index (χ1v) is 7.38. The third kappa shape index (κ3) is 5.15. The number of hydrogen-bond acceptors (Lipinski definition) is 5. The Balaban J connectivity index is 2.52. The normalized spacial score (nSPS) is 11.7. The number of aryl methyl sites for hydroxylation is 1. The number of ether oxygens (including phenoxy) is 2. The third-order valence-electron chi connectivity index (χ3n) is 2.43. The maximum absolute atomic E-state index is 12.0. The van der Waals surface area contributed by atoms with Crippen molar-refractivity contribution >= 4 is 15.7 Å². The molecule has 0 bridgehead atoms. The van der Waals surface area contributed by atoms with Crippen LogP contribution < -0.4 is 10.5 Å². The van der Waals surface area contributed by atoms with Gasteiger partial charge in [0.1, 0.15) is 4.90 Å². The maximum Gasteiger partial charge on any atom is 0.242 e. The first-order chi connectivity index (χ1) is 8.97. The van der Waals surface area contributed by atoms with Crippen molar-refractivity contribution in [1.82, 2.24) is 4.72 Å². The molecule has 0 aliphatic rings. The summed E-state index contributed by atoms with van der Waals surface area (Å²) in [6.07, 6.45) is 0. The Morgan fingerprint density at radius 1 is 1.26 bits per heavy atom. The number of methoxy groups -OCH3 is 1. The molecule has 0 atom stereocenters. The van der Waals surface area contributed by atoms with Gasteiger partial charge in [0.05, 0.1) is 25.5 Å². The topological polar surface area (TPSA) is 90.6 Å². The van der Waals surface area contributed by atoms with E-state index < -0.39 is 10.0 Å². The summed E-state index contributed by atoms with van der Waals surface area (Å²) >= 11 is 0. The van der Waals surface area contributed by atoms with E-state index >= 15 is 0 Å². The molecule has 0 unspecified atom stereocenters. The molecule has 1 aromatic carbocycles. The zero-order chi connectivity index (χ0) is 14.3. The van der Waals surface area contributed by atoms with Gasteiger partial charge in [-0.15, -0.1) is 0 Å². The molecule has 108 valence electrons. The lowest BCUT2D eigenvalue weighted by Gasteiger charge is -2.10. The van der Waals surface area contributed by atoms with Crippen LogP contribution >= 0.6 is 0 Å². The minimum absolute atomic E-state index is 0.0926. The van der Waals surface area contributed by atoms with E-state index in [9.17, 15) is 8.42 Å². The van der Waals surface area contributed by atoms with Gasteiger partial charge < -0.3 is 15.2 Å². The van der Waals surface area contributed by atoms with Crippen LogP contribution in [-0.2, 0) is 19.5 Å². The highest BCUT2D eigenvalue weighted by molar-refractivity contribution is 7.89. The van der Waals surface area contributed by atoms with E-state index in [-0.39, 0.29) is 23.7 Å². The van der Waals surface area contributed by atoms with Crippen molar-refractivity contribution in [2.45, 2.75) is 11.8 Å². The van der Waals surface area contributed by atoms with Gasteiger partial charge in [0, 0.05) is 13.7 Å². The Labute approximate surface area is 113 Å². The third-order valence-corrected chi connectivity index (χ3v) is 3.96. The van der Waals surface area contributed by atoms with Gasteiger partial charge in [0.25, 0.3) is 0 Å². The van der Waals surface area contributed by atoms with Crippen molar-refractivity contribution in [1.29, 1.82) is 0 Å². The molecule has 0 aliphatic carbocycles. The highest BCUT2D eigenvalue weighted by Crippen LogP contribution is 2.18. The van der Waals surface area contributed by atoms with Crippen LogP contribution in [0, 0.1) is 6.92 Å². The van der Waals surface area contributed by atoms with Gasteiger partial charge in [-0.25, -0.2) is 13.1 Å². The molecule has 0 fully saturated rings. The summed E-state index contributed by atoms with van der Waals surface area (Å²) in [5, 5.41) is 0. The van der Waals surface area contributed by atoms with Crippen molar-refractivity contribution in [2.75, 3.05) is 39.2 Å². The van der Waals surface area contributed by atoms with Crippen molar-refractivity contribution < 1.29 is 17.9 Å². The molecule has 0 saturated carbocycles. The Morgan fingerprint density at radius 3 is 2.63 bits per heavy atom. The van der Waals surface area contributed by atoms with Crippen LogP contribution in [0.3, 0.4) is 0 Å². The van der Waals surface area contributed by atoms with Crippen molar-refractivity contribution in [3.05, 3.63) is 23.8 Å². The Kier molecular flexibility index (Phi) is 6.23. The van der Waals surface area contributed by atoms with E-state index in [1.807, 2.05) is 6.92 Å². The summed E-state index contributed by atoms with van der Waals surface area (Å²) in [5.41, 5.74) is 6.87. The number of anilines is 1. The predicted molar refractivity (Wildman–Crippen MR) is 73.5 cm³/mol. The van der Waals surface area contributed by atoms with E-state index in [0.29, 0.717) is 13.2 Å². The van der Waals surface area contributed by atoms with Crippen LogP contribution in [0.4, 0.5) is 5.69 Å². The lowest BCUT2D eigenvalue weighted by molar-refractivity contribution is 0.0736. The second kappa shape index (κ2) is 7.44. The average Bonchev–Trinajstić information content (AvgIpc) is 2.33. The van der Waals surface area contributed by atoms with Gasteiger partial charge >= 0.3 is 0 Å². The fraction of sp³-hybridized carbons (Fsp3) is 0.500. The second-order valence-corrected chi connectivity index (χ2v) is 5.78. The average molecular weight is 288 g/mol. The zero-order valence-corrected chi connectivity index (χ0v) is 12.0. The van der Waals surface area contributed by atoms with Crippen LogP contribution in [0.15, 0.2) is 23.1 Å². The molecule has 19 heavy (non-hydrogen) atoms. The number of hydrogen-bond donors (Lipinski definition) is 2. The van der Waals surface area contributed by atoms with Crippen LogP contribution in [0.2, 0.25) is 0 Å². The van der Waals surface area contributed by atoms with Crippen molar-refractivity contribution in [2.24, 2.45) is 0 Å². The lowest BCUT2D eigenvalue weighted by Crippen LogP contribution is -2.28. The van der Waals surface area contributed by atoms with Crippen LogP contribution in [0.25, 0.3) is 0 Å². The van der Waals surface area contributed by atoms with Crippen LogP contribution in [-0.4, -0.2) is 41.9 Å². The molecular weight excluding hydrogens is 268 g/mol. The molecule has 3 N–H and O–H groups in total. The molecule has 0 amide bonds. The van der Waals surface area contributed by atoms with Gasteiger partial charge in [-0.3, -0.25) is 0 Å². The summed E-state index contributed by atoms with van der Waals surface area (Å²) in [4.78, 5) is 0.0926. The second-order valence-electron chi connectivity index (χ2n) is 4.04. The number of sulfonamides is 1. The molecule has 0 spiro atoms. The molecule has 7 heteroatoms. The summed E-state index contributed by atoms with van der Waals surface area (Å²) < 4.78 is 36.4. The first-order valence-electron chi connectivity index (χ1n) is 5.90. The minimum atomic E-state index is -3.59. The Hall–Kier alpha value is -1.15. The van der Waals surface area contributed by atoms with E-state index in [0.717, 1.165) is 5.56 Å². The van der Waals surface area contributed by atoms with Gasteiger partial charge in [0.15, 0.2) is 0 Å². The number of benzene rings is 1. The SMILES string of the molecule is COCCOCCNS(=O)(=O)c1ccc(C)cc1N. The number of nitrogen functional groups attached to an aromatic ring is 1. The van der Waals surface area contributed by atoms with Crippen molar-refractivity contribution in [3.8, 4) is 0 Å². The minimum Gasteiger partial charge on any atom is -0.398 e. The molecule has 6 nitrogen and oxygen atoms in total. The number of nitrogens with two attached hydrogens (primary N) is 1. The Morgan fingerprint density at radius 2 is 2.00 bits per heavy atom. The van der Waals surface area contributed by atoms with E-state index in [4.69, 9.17) is 15.2 Å². The van der Waals surface area contributed by atoms with Gasteiger partial charge in [-0.05, 0) is 24.6 Å². The molecule has 1 rings (SSSR count). The number of nitrogens with one attached hydrogen (secondary N) is 1.